The van der Waals surface area contributed by atoms with Crippen LogP contribution in [-0.4, -0.2) is 50.8 Å². The van der Waals surface area contributed by atoms with Crippen LogP contribution in [0, 0.1) is 0 Å². The van der Waals surface area contributed by atoms with Crippen LogP contribution < -0.4 is 5.32 Å². The topological polar surface area (TPSA) is 87.5 Å². The monoisotopic (exact) mass is 294 g/mol. The predicted molar refractivity (Wildman–Crippen MR) is 78.1 cm³/mol. The number of likely N-dealkylation sites (tertiary alicyclic amines) is 1. The van der Waals surface area contributed by atoms with E-state index in [2.05, 4.69) is 10.4 Å². The highest BCUT2D eigenvalue weighted by Gasteiger charge is 2.28. The molecule has 2 rings (SSSR count). The zero-order valence-electron chi connectivity index (χ0n) is 12.5. The predicted octanol–water partition coefficient (Wildman–Crippen LogP) is 1.34. The average Bonchev–Trinajstić information content (AvgIpc) is 2.99. The van der Waals surface area contributed by atoms with Gasteiger partial charge in [0.15, 0.2) is 0 Å². The van der Waals surface area contributed by atoms with Crippen LogP contribution in [-0.2, 0) is 9.59 Å². The number of carbonyl (C=O) groups is 2. The summed E-state index contributed by atoms with van der Waals surface area (Å²) in [6.45, 7) is 4.98. The molecule has 116 valence electrons. The molecule has 0 saturated carbocycles. The Labute approximate surface area is 123 Å². The normalized spacial score (nSPS) is 19.1. The van der Waals surface area contributed by atoms with Crippen molar-refractivity contribution in [3.63, 3.8) is 0 Å². The van der Waals surface area contributed by atoms with Crippen LogP contribution in [0.4, 0.5) is 5.82 Å². The molecule has 1 unspecified atom stereocenters. The first-order valence-corrected chi connectivity index (χ1v) is 7.26. The van der Waals surface area contributed by atoms with Gasteiger partial charge in [0.25, 0.3) is 0 Å². The third-order valence-electron chi connectivity index (χ3n) is 3.68. The van der Waals surface area contributed by atoms with Crippen molar-refractivity contribution in [3.8, 4) is 0 Å². The third-order valence-corrected chi connectivity index (χ3v) is 3.68. The van der Waals surface area contributed by atoms with Crippen LogP contribution in [0.25, 0.3) is 0 Å². The van der Waals surface area contributed by atoms with Crippen molar-refractivity contribution in [2.45, 2.75) is 45.2 Å². The molecule has 1 amide bonds. The van der Waals surface area contributed by atoms with Gasteiger partial charge >= 0.3 is 5.97 Å². The van der Waals surface area contributed by atoms with Gasteiger partial charge in [-0.15, -0.1) is 0 Å². The third kappa shape index (κ3) is 4.04. The summed E-state index contributed by atoms with van der Waals surface area (Å²) in [5, 5.41) is 15.9. The molecule has 0 spiro atoms. The van der Waals surface area contributed by atoms with Gasteiger partial charge in [-0.05, 0) is 33.2 Å². The number of hydrogen-bond acceptors (Lipinski definition) is 4. The largest absolute Gasteiger partial charge is 0.481 e. The summed E-state index contributed by atoms with van der Waals surface area (Å²) < 4.78 is 1.75. The van der Waals surface area contributed by atoms with Gasteiger partial charge in [-0.3, -0.25) is 14.5 Å². The summed E-state index contributed by atoms with van der Waals surface area (Å²) in [5.41, 5.74) is 0. The summed E-state index contributed by atoms with van der Waals surface area (Å²) in [4.78, 5) is 24.9. The van der Waals surface area contributed by atoms with E-state index in [1.807, 2.05) is 18.7 Å². The minimum absolute atomic E-state index is 0.0386. The van der Waals surface area contributed by atoms with E-state index in [0.717, 1.165) is 19.4 Å². The number of carboxylic acid groups (broad SMARTS) is 1. The molecular formula is C14H22N4O3. The van der Waals surface area contributed by atoms with Crippen molar-refractivity contribution in [1.82, 2.24) is 14.7 Å². The second-order valence-corrected chi connectivity index (χ2v) is 5.67. The van der Waals surface area contributed by atoms with Crippen molar-refractivity contribution in [2.24, 2.45) is 0 Å². The maximum atomic E-state index is 12.1. The molecule has 1 aromatic heterocycles. The van der Waals surface area contributed by atoms with Crippen molar-refractivity contribution in [1.29, 1.82) is 0 Å². The molecule has 1 fully saturated rings. The number of aliphatic carboxylic acids is 1. The van der Waals surface area contributed by atoms with E-state index in [0.29, 0.717) is 5.82 Å². The van der Waals surface area contributed by atoms with Gasteiger partial charge in [0.2, 0.25) is 5.91 Å². The lowest BCUT2D eigenvalue weighted by atomic mass is 10.1. The van der Waals surface area contributed by atoms with Gasteiger partial charge in [0, 0.05) is 18.2 Å². The molecule has 0 aromatic carbocycles. The number of carboxylic acids is 1. The molecule has 7 nitrogen and oxygen atoms in total. The lowest BCUT2D eigenvalue weighted by Gasteiger charge is -2.22. The number of amides is 1. The number of rotatable bonds is 6. The summed E-state index contributed by atoms with van der Waals surface area (Å²) in [5.74, 6) is -0.274. The number of aromatic nitrogens is 2. The van der Waals surface area contributed by atoms with Crippen LogP contribution in [0.2, 0.25) is 0 Å². The first-order chi connectivity index (χ1) is 9.97. The second kappa shape index (κ2) is 6.71. The zero-order valence-corrected chi connectivity index (χ0v) is 12.5. The molecule has 1 aliphatic rings. The Kier molecular flexibility index (Phi) is 4.95. The number of hydrogen-bond donors (Lipinski definition) is 2. The van der Waals surface area contributed by atoms with Gasteiger partial charge in [0.1, 0.15) is 5.82 Å². The molecule has 0 radical (unpaired) electrons. The summed E-state index contributed by atoms with van der Waals surface area (Å²) in [6, 6.07) is 1.89. The summed E-state index contributed by atoms with van der Waals surface area (Å²) in [6.07, 6.45) is 3.52. The SMILES string of the molecule is CC(C)n1nccc1NC(=O)CN1CCCC1CC(=O)O. The fourth-order valence-corrected chi connectivity index (χ4v) is 2.73. The van der Waals surface area contributed by atoms with Crippen molar-refractivity contribution in [3.05, 3.63) is 12.3 Å². The smallest absolute Gasteiger partial charge is 0.304 e. The van der Waals surface area contributed by atoms with E-state index in [9.17, 15) is 9.59 Å². The highest BCUT2D eigenvalue weighted by molar-refractivity contribution is 5.91. The Morgan fingerprint density at radius 1 is 1.52 bits per heavy atom. The van der Waals surface area contributed by atoms with Crippen LogP contribution in [0.3, 0.4) is 0 Å². The van der Waals surface area contributed by atoms with Gasteiger partial charge < -0.3 is 10.4 Å². The molecule has 1 atom stereocenters. The van der Waals surface area contributed by atoms with Crippen LogP contribution in [0.5, 0.6) is 0 Å². The Morgan fingerprint density at radius 3 is 2.95 bits per heavy atom. The quantitative estimate of drug-likeness (QED) is 0.826. The van der Waals surface area contributed by atoms with Crippen molar-refractivity contribution < 1.29 is 14.7 Å². The number of anilines is 1. The van der Waals surface area contributed by atoms with Crippen LogP contribution >= 0.6 is 0 Å². The molecular weight excluding hydrogens is 272 g/mol. The number of nitrogens with zero attached hydrogens (tertiary/aromatic N) is 3. The standard InChI is InChI=1S/C14H22N4O3/c1-10(2)18-12(5-6-15-18)16-13(19)9-17-7-3-4-11(17)8-14(20)21/h5-6,10-11H,3-4,7-9H2,1-2H3,(H,16,19)(H,20,21). The molecule has 2 heterocycles. The second-order valence-electron chi connectivity index (χ2n) is 5.67. The maximum Gasteiger partial charge on any atom is 0.304 e. The van der Waals surface area contributed by atoms with Crippen LogP contribution in [0.1, 0.15) is 39.2 Å². The fourth-order valence-electron chi connectivity index (χ4n) is 2.73. The van der Waals surface area contributed by atoms with Crippen molar-refractivity contribution >= 4 is 17.7 Å². The molecule has 2 N–H and O–H groups in total. The van der Waals surface area contributed by atoms with E-state index in [1.54, 1.807) is 16.9 Å². The Bertz CT molecular complexity index is 512. The van der Waals surface area contributed by atoms with Gasteiger partial charge in [-0.2, -0.15) is 5.10 Å². The first kappa shape index (κ1) is 15.5. The Morgan fingerprint density at radius 2 is 2.29 bits per heavy atom. The maximum absolute atomic E-state index is 12.1. The number of carbonyl (C=O) groups excluding carboxylic acids is 1. The zero-order chi connectivity index (χ0) is 15.4. The molecule has 1 saturated heterocycles. The van der Waals surface area contributed by atoms with Gasteiger partial charge in [-0.25, -0.2) is 4.68 Å². The lowest BCUT2D eigenvalue weighted by Crippen LogP contribution is -2.38. The summed E-state index contributed by atoms with van der Waals surface area (Å²) in [7, 11) is 0. The molecule has 0 bridgehead atoms. The Balaban J connectivity index is 1.92. The lowest BCUT2D eigenvalue weighted by molar-refractivity contribution is -0.138. The fraction of sp³-hybridized carbons (Fsp3) is 0.643. The first-order valence-electron chi connectivity index (χ1n) is 7.26. The molecule has 21 heavy (non-hydrogen) atoms. The number of nitrogens with one attached hydrogen (secondary N) is 1. The molecule has 7 heteroatoms. The summed E-state index contributed by atoms with van der Waals surface area (Å²) >= 11 is 0. The average molecular weight is 294 g/mol. The van der Waals surface area contributed by atoms with E-state index in [4.69, 9.17) is 5.11 Å². The molecule has 1 aliphatic heterocycles. The highest BCUT2D eigenvalue weighted by atomic mass is 16.4. The van der Waals surface area contributed by atoms with E-state index in [-0.39, 0.29) is 31.0 Å². The van der Waals surface area contributed by atoms with Crippen molar-refractivity contribution in [2.75, 3.05) is 18.4 Å². The van der Waals surface area contributed by atoms with E-state index < -0.39 is 5.97 Å². The Hall–Kier alpha value is -1.89. The molecule has 0 aliphatic carbocycles. The van der Waals surface area contributed by atoms with Gasteiger partial charge in [0.05, 0.1) is 19.2 Å². The van der Waals surface area contributed by atoms with Crippen LogP contribution in [0.15, 0.2) is 12.3 Å². The minimum atomic E-state index is -0.815. The van der Waals surface area contributed by atoms with E-state index in [1.165, 1.54) is 0 Å². The molecule has 1 aromatic rings. The van der Waals surface area contributed by atoms with E-state index >= 15 is 0 Å². The minimum Gasteiger partial charge on any atom is -0.481 e. The highest BCUT2D eigenvalue weighted by Crippen LogP contribution is 2.20. The van der Waals surface area contributed by atoms with Gasteiger partial charge in [-0.1, -0.05) is 0 Å².